The molecule has 0 spiro atoms. The fourth-order valence-corrected chi connectivity index (χ4v) is 3.19. The SMILES string of the molecule is CN1C(=O)C(C)(C)C(C)(c2cc(Nc3ccnn3C)ccc2F)N=C1N. The second kappa shape index (κ2) is 5.82. The van der Waals surface area contributed by atoms with Crippen LogP contribution >= 0.6 is 0 Å². The van der Waals surface area contributed by atoms with Crippen LogP contribution in [0.5, 0.6) is 0 Å². The number of carbonyl (C=O) groups is 1. The van der Waals surface area contributed by atoms with Gasteiger partial charge in [-0.15, -0.1) is 0 Å². The molecule has 0 fully saturated rings. The second-order valence-electron chi connectivity index (χ2n) is 7.19. The number of carbonyl (C=O) groups excluding carboxylic acids is 1. The van der Waals surface area contributed by atoms with Crippen molar-refractivity contribution >= 4 is 23.4 Å². The van der Waals surface area contributed by atoms with E-state index in [-0.39, 0.29) is 11.9 Å². The minimum Gasteiger partial charge on any atom is -0.369 e. The molecular weight excluding hydrogens is 335 g/mol. The zero-order valence-corrected chi connectivity index (χ0v) is 15.5. The van der Waals surface area contributed by atoms with E-state index in [4.69, 9.17) is 5.73 Å². The van der Waals surface area contributed by atoms with Gasteiger partial charge in [0.15, 0.2) is 5.96 Å². The molecule has 26 heavy (non-hydrogen) atoms. The number of nitrogens with one attached hydrogen (secondary N) is 1. The first kappa shape index (κ1) is 17.9. The van der Waals surface area contributed by atoms with Gasteiger partial charge in [-0.1, -0.05) is 0 Å². The molecule has 1 amide bonds. The van der Waals surface area contributed by atoms with E-state index in [1.54, 1.807) is 57.9 Å². The number of aryl methyl sites for hydroxylation is 1. The summed E-state index contributed by atoms with van der Waals surface area (Å²) in [5.74, 6) is 0.178. The highest BCUT2D eigenvalue weighted by Crippen LogP contribution is 2.47. The lowest BCUT2D eigenvalue weighted by Gasteiger charge is -2.46. The van der Waals surface area contributed by atoms with Gasteiger partial charge in [0.1, 0.15) is 17.2 Å². The summed E-state index contributed by atoms with van der Waals surface area (Å²) in [7, 11) is 3.37. The molecule has 2 heterocycles. The zero-order valence-electron chi connectivity index (χ0n) is 15.5. The maximum absolute atomic E-state index is 14.8. The molecule has 2 aromatic rings. The molecule has 1 aromatic carbocycles. The lowest BCUT2D eigenvalue weighted by molar-refractivity contribution is -0.140. The third kappa shape index (κ3) is 2.53. The van der Waals surface area contributed by atoms with Crippen LogP contribution in [0.15, 0.2) is 35.5 Å². The largest absolute Gasteiger partial charge is 0.369 e. The highest BCUT2D eigenvalue weighted by Gasteiger charge is 2.53. The molecule has 3 N–H and O–H groups in total. The van der Waals surface area contributed by atoms with E-state index in [2.05, 4.69) is 15.4 Å². The smallest absolute Gasteiger partial charge is 0.237 e. The number of aliphatic imine (C=N–C) groups is 1. The number of guanidine groups is 1. The Morgan fingerprint density at radius 2 is 1.88 bits per heavy atom. The van der Waals surface area contributed by atoms with Crippen LogP contribution in [0.1, 0.15) is 26.3 Å². The molecule has 1 atom stereocenters. The van der Waals surface area contributed by atoms with Gasteiger partial charge < -0.3 is 11.1 Å². The van der Waals surface area contributed by atoms with E-state index >= 15 is 0 Å². The normalized spacial score (nSPS) is 22.3. The lowest BCUT2D eigenvalue weighted by Crippen LogP contribution is -2.58. The van der Waals surface area contributed by atoms with Crippen molar-refractivity contribution in [2.75, 3.05) is 12.4 Å². The standard InChI is InChI=1S/C18H23FN6O/c1-17(2)15(26)24(4)16(20)23-18(17,3)12-10-11(6-7-13(12)19)22-14-8-9-21-25(14)5/h6-10,22H,1-5H3,(H2,20,23). The quantitative estimate of drug-likeness (QED) is 0.881. The maximum atomic E-state index is 14.8. The first-order chi connectivity index (χ1) is 12.1. The van der Waals surface area contributed by atoms with Crippen molar-refractivity contribution in [2.45, 2.75) is 26.3 Å². The summed E-state index contributed by atoms with van der Waals surface area (Å²) in [5, 5.41) is 7.29. The third-order valence-electron chi connectivity index (χ3n) is 5.32. The monoisotopic (exact) mass is 358 g/mol. The molecule has 8 heteroatoms. The summed E-state index contributed by atoms with van der Waals surface area (Å²) in [6.45, 7) is 5.24. The van der Waals surface area contributed by atoms with E-state index in [0.717, 1.165) is 5.82 Å². The van der Waals surface area contributed by atoms with Crippen LogP contribution in [0.3, 0.4) is 0 Å². The molecule has 7 nitrogen and oxygen atoms in total. The molecule has 1 unspecified atom stereocenters. The molecule has 0 aliphatic carbocycles. The van der Waals surface area contributed by atoms with Gasteiger partial charge in [-0.05, 0) is 39.0 Å². The molecule has 1 aliphatic rings. The Labute approximate surface area is 151 Å². The van der Waals surface area contributed by atoms with Crippen molar-refractivity contribution in [3.63, 3.8) is 0 Å². The molecule has 3 rings (SSSR count). The highest BCUT2D eigenvalue weighted by molar-refractivity contribution is 6.01. The fraction of sp³-hybridized carbons (Fsp3) is 0.389. The number of aromatic nitrogens is 2. The zero-order chi connectivity index (χ0) is 19.3. The molecule has 0 saturated heterocycles. The number of hydrogen-bond acceptors (Lipinski definition) is 5. The summed E-state index contributed by atoms with van der Waals surface area (Å²) in [4.78, 5) is 18.6. The van der Waals surface area contributed by atoms with Gasteiger partial charge in [0.25, 0.3) is 0 Å². The first-order valence-corrected chi connectivity index (χ1v) is 8.26. The molecule has 1 aliphatic heterocycles. The molecule has 0 saturated carbocycles. The number of nitrogens with zero attached hydrogens (tertiary/aromatic N) is 4. The average Bonchev–Trinajstić information content (AvgIpc) is 2.98. The van der Waals surface area contributed by atoms with Gasteiger partial charge in [0, 0.05) is 31.4 Å². The molecule has 0 bridgehead atoms. The van der Waals surface area contributed by atoms with Crippen LogP contribution < -0.4 is 11.1 Å². The first-order valence-electron chi connectivity index (χ1n) is 8.26. The Bertz CT molecular complexity index is 903. The number of hydrogen-bond donors (Lipinski definition) is 2. The van der Waals surface area contributed by atoms with Gasteiger partial charge in [-0.2, -0.15) is 5.10 Å². The number of halogens is 1. The predicted molar refractivity (Wildman–Crippen MR) is 98.4 cm³/mol. The minimum atomic E-state index is -1.14. The fourth-order valence-electron chi connectivity index (χ4n) is 3.19. The van der Waals surface area contributed by atoms with E-state index in [0.29, 0.717) is 11.3 Å². The minimum absolute atomic E-state index is 0.0706. The highest BCUT2D eigenvalue weighted by atomic mass is 19.1. The van der Waals surface area contributed by atoms with Crippen LogP contribution in [0.4, 0.5) is 15.9 Å². The van der Waals surface area contributed by atoms with Crippen molar-refractivity contribution in [1.29, 1.82) is 0 Å². The van der Waals surface area contributed by atoms with E-state index in [1.807, 2.05) is 6.07 Å². The van der Waals surface area contributed by atoms with E-state index in [1.165, 1.54) is 11.0 Å². The number of benzene rings is 1. The molecule has 138 valence electrons. The third-order valence-corrected chi connectivity index (χ3v) is 5.32. The van der Waals surface area contributed by atoms with Gasteiger partial charge >= 0.3 is 0 Å². The number of anilines is 2. The Morgan fingerprint density at radius 3 is 2.50 bits per heavy atom. The van der Waals surface area contributed by atoms with Crippen molar-refractivity contribution < 1.29 is 9.18 Å². The number of rotatable bonds is 3. The van der Waals surface area contributed by atoms with Gasteiger partial charge in [-0.25, -0.2) is 9.38 Å². The van der Waals surface area contributed by atoms with E-state index in [9.17, 15) is 9.18 Å². The van der Waals surface area contributed by atoms with Crippen LogP contribution in [0.2, 0.25) is 0 Å². The van der Waals surface area contributed by atoms with Crippen LogP contribution in [-0.4, -0.2) is 33.6 Å². The topological polar surface area (TPSA) is 88.5 Å². The Balaban J connectivity index is 2.12. The van der Waals surface area contributed by atoms with Crippen LogP contribution in [-0.2, 0) is 17.4 Å². The summed E-state index contributed by atoms with van der Waals surface area (Å²) < 4.78 is 16.4. The Morgan fingerprint density at radius 1 is 1.19 bits per heavy atom. The second-order valence-corrected chi connectivity index (χ2v) is 7.19. The summed E-state index contributed by atoms with van der Waals surface area (Å²) in [6.07, 6.45) is 1.66. The molecular formula is C18H23FN6O. The Hall–Kier alpha value is -2.90. The van der Waals surface area contributed by atoms with Gasteiger partial charge in [-0.3, -0.25) is 14.4 Å². The van der Waals surface area contributed by atoms with Gasteiger partial charge in [0.2, 0.25) is 5.91 Å². The summed E-state index contributed by atoms with van der Waals surface area (Å²) in [5.41, 5.74) is 4.78. The van der Waals surface area contributed by atoms with Crippen molar-refractivity contribution in [3.05, 3.63) is 41.8 Å². The van der Waals surface area contributed by atoms with Crippen LogP contribution in [0.25, 0.3) is 0 Å². The molecule has 1 aromatic heterocycles. The van der Waals surface area contributed by atoms with Crippen molar-refractivity contribution in [2.24, 2.45) is 23.2 Å². The van der Waals surface area contributed by atoms with Crippen LogP contribution in [0, 0.1) is 11.2 Å². The van der Waals surface area contributed by atoms with Crippen molar-refractivity contribution in [3.8, 4) is 0 Å². The summed E-state index contributed by atoms with van der Waals surface area (Å²) in [6, 6.07) is 6.47. The van der Waals surface area contributed by atoms with Crippen molar-refractivity contribution in [1.82, 2.24) is 14.7 Å². The summed E-state index contributed by atoms with van der Waals surface area (Å²) >= 11 is 0. The molecule has 0 radical (unpaired) electrons. The Kier molecular flexibility index (Phi) is 4.01. The lowest BCUT2D eigenvalue weighted by atomic mass is 9.67. The average molecular weight is 358 g/mol. The number of nitrogens with two attached hydrogens (primary N) is 1. The van der Waals surface area contributed by atoms with Gasteiger partial charge in [0.05, 0.1) is 11.6 Å². The number of amides is 1. The maximum Gasteiger partial charge on any atom is 0.237 e. The predicted octanol–water partition coefficient (Wildman–Crippen LogP) is 2.33. The van der Waals surface area contributed by atoms with E-state index < -0.39 is 16.8 Å².